The maximum atomic E-state index is 11.7. The van der Waals surface area contributed by atoms with Crippen LogP contribution in [0.2, 0.25) is 0 Å². The quantitative estimate of drug-likeness (QED) is 0.548. The van der Waals surface area contributed by atoms with E-state index >= 15 is 0 Å². The highest BCUT2D eigenvalue weighted by Gasteiger charge is 2.14. The summed E-state index contributed by atoms with van der Waals surface area (Å²) >= 11 is 0. The fraction of sp³-hybridized carbons (Fsp3) is 0.929. The van der Waals surface area contributed by atoms with E-state index in [4.69, 9.17) is 0 Å². The number of carbonyl (C=O) groups excluding carboxylic acids is 1. The zero-order chi connectivity index (χ0) is 12.4. The van der Waals surface area contributed by atoms with Crippen LogP contribution in [-0.4, -0.2) is 24.9 Å². The van der Waals surface area contributed by atoms with Crippen LogP contribution in [0, 0.1) is 5.92 Å². The maximum absolute atomic E-state index is 11.7. The number of hydrogen-bond donors (Lipinski definition) is 0. The smallest absolute Gasteiger partial charge is 0.222 e. The minimum atomic E-state index is 0.289. The molecule has 0 aliphatic carbocycles. The van der Waals surface area contributed by atoms with Crippen molar-refractivity contribution in [1.29, 1.82) is 0 Å². The van der Waals surface area contributed by atoms with Crippen molar-refractivity contribution < 1.29 is 4.79 Å². The third-order valence-electron chi connectivity index (χ3n) is 3.14. The lowest BCUT2D eigenvalue weighted by Gasteiger charge is -2.18. The number of rotatable bonds is 9. The average molecular weight is 227 g/mol. The van der Waals surface area contributed by atoms with Gasteiger partial charge < -0.3 is 4.90 Å². The summed E-state index contributed by atoms with van der Waals surface area (Å²) in [6, 6.07) is 0. The first-order valence-corrected chi connectivity index (χ1v) is 6.81. The van der Waals surface area contributed by atoms with E-state index in [0.29, 0.717) is 5.92 Å². The Hall–Kier alpha value is -0.530. The van der Waals surface area contributed by atoms with Crippen molar-refractivity contribution in [3.63, 3.8) is 0 Å². The maximum Gasteiger partial charge on any atom is 0.222 e. The lowest BCUT2D eigenvalue weighted by Crippen LogP contribution is -2.24. The van der Waals surface area contributed by atoms with Gasteiger partial charge in [0, 0.05) is 20.5 Å². The van der Waals surface area contributed by atoms with Crippen LogP contribution in [0.1, 0.15) is 65.2 Å². The second-order valence-electron chi connectivity index (χ2n) is 5.00. The molecule has 1 atom stereocenters. The highest BCUT2D eigenvalue weighted by Crippen LogP contribution is 2.20. The van der Waals surface area contributed by atoms with Crippen molar-refractivity contribution in [2.75, 3.05) is 14.1 Å². The molecule has 0 N–H and O–H groups in total. The van der Waals surface area contributed by atoms with Crippen molar-refractivity contribution in [2.24, 2.45) is 5.92 Å². The molecule has 0 saturated carbocycles. The van der Waals surface area contributed by atoms with Gasteiger partial charge in [-0.25, -0.2) is 0 Å². The third kappa shape index (κ3) is 7.72. The van der Waals surface area contributed by atoms with Crippen LogP contribution in [0.25, 0.3) is 0 Å². The highest BCUT2D eigenvalue weighted by atomic mass is 16.2. The lowest BCUT2D eigenvalue weighted by molar-refractivity contribution is -0.129. The van der Waals surface area contributed by atoms with Gasteiger partial charge in [0.15, 0.2) is 0 Å². The zero-order valence-corrected chi connectivity index (χ0v) is 11.6. The first-order valence-electron chi connectivity index (χ1n) is 6.81. The number of carbonyl (C=O) groups is 1. The molecule has 0 fully saturated rings. The van der Waals surface area contributed by atoms with E-state index in [-0.39, 0.29) is 5.91 Å². The molecule has 0 aliphatic heterocycles. The summed E-state index contributed by atoms with van der Waals surface area (Å²) in [6.07, 6.45) is 9.55. The van der Waals surface area contributed by atoms with Crippen LogP contribution in [0.15, 0.2) is 0 Å². The SMILES string of the molecule is CCCCCC(CCCC)CC(=O)N(C)C. The monoisotopic (exact) mass is 227 g/mol. The standard InChI is InChI=1S/C14H29NO/c1-5-7-9-11-13(10-8-6-2)12-14(16)15(3)4/h13H,5-12H2,1-4H3. The Balaban J connectivity index is 3.93. The van der Waals surface area contributed by atoms with Gasteiger partial charge in [-0.15, -0.1) is 0 Å². The minimum Gasteiger partial charge on any atom is -0.349 e. The first-order chi connectivity index (χ1) is 7.61. The molecule has 0 bridgehead atoms. The van der Waals surface area contributed by atoms with Crippen LogP contribution < -0.4 is 0 Å². The van der Waals surface area contributed by atoms with Crippen LogP contribution in [0.3, 0.4) is 0 Å². The van der Waals surface area contributed by atoms with Crippen LogP contribution in [0.5, 0.6) is 0 Å². The number of nitrogens with zero attached hydrogens (tertiary/aromatic N) is 1. The number of hydrogen-bond acceptors (Lipinski definition) is 1. The fourth-order valence-corrected chi connectivity index (χ4v) is 1.95. The van der Waals surface area contributed by atoms with Crippen LogP contribution in [-0.2, 0) is 4.79 Å². The second kappa shape index (κ2) is 9.68. The van der Waals surface area contributed by atoms with Crippen LogP contribution >= 0.6 is 0 Å². The number of unbranched alkanes of at least 4 members (excludes halogenated alkanes) is 3. The Morgan fingerprint density at radius 2 is 1.56 bits per heavy atom. The van der Waals surface area contributed by atoms with Crippen LogP contribution in [0.4, 0.5) is 0 Å². The first kappa shape index (κ1) is 15.5. The van der Waals surface area contributed by atoms with E-state index in [9.17, 15) is 4.79 Å². The Morgan fingerprint density at radius 1 is 1.00 bits per heavy atom. The van der Waals surface area contributed by atoms with Gasteiger partial charge in [0.05, 0.1) is 0 Å². The van der Waals surface area contributed by atoms with Gasteiger partial charge >= 0.3 is 0 Å². The Kier molecular flexibility index (Phi) is 9.36. The van der Waals surface area contributed by atoms with E-state index in [1.54, 1.807) is 4.90 Å². The molecule has 0 saturated heterocycles. The van der Waals surface area contributed by atoms with Gasteiger partial charge in [0.1, 0.15) is 0 Å². The van der Waals surface area contributed by atoms with Gasteiger partial charge in [-0.05, 0) is 18.8 Å². The van der Waals surface area contributed by atoms with Gasteiger partial charge in [-0.1, -0.05) is 46.0 Å². The minimum absolute atomic E-state index is 0.289. The van der Waals surface area contributed by atoms with E-state index in [2.05, 4.69) is 13.8 Å². The van der Waals surface area contributed by atoms with Gasteiger partial charge in [0.25, 0.3) is 0 Å². The lowest BCUT2D eigenvalue weighted by atomic mass is 9.92. The molecule has 2 heteroatoms. The molecule has 16 heavy (non-hydrogen) atoms. The molecule has 0 heterocycles. The van der Waals surface area contributed by atoms with Gasteiger partial charge in [-0.3, -0.25) is 4.79 Å². The molecule has 96 valence electrons. The topological polar surface area (TPSA) is 20.3 Å². The Labute approximate surface area is 101 Å². The molecule has 0 rings (SSSR count). The van der Waals surface area contributed by atoms with E-state index in [1.807, 2.05) is 14.1 Å². The molecule has 2 nitrogen and oxygen atoms in total. The van der Waals surface area contributed by atoms with Crippen molar-refractivity contribution in [3.8, 4) is 0 Å². The summed E-state index contributed by atoms with van der Waals surface area (Å²) in [5.74, 6) is 0.902. The Bertz CT molecular complexity index is 178. The second-order valence-corrected chi connectivity index (χ2v) is 5.00. The highest BCUT2D eigenvalue weighted by molar-refractivity contribution is 5.75. The molecule has 1 amide bonds. The molecule has 1 unspecified atom stereocenters. The predicted molar refractivity (Wildman–Crippen MR) is 70.5 cm³/mol. The molecule has 0 radical (unpaired) electrons. The summed E-state index contributed by atoms with van der Waals surface area (Å²) in [5.41, 5.74) is 0. The predicted octanol–water partition coefficient (Wildman–Crippen LogP) is 3.85. The number of amides is 1. The molecular formula is C14H29NO. The van der Waals surface area contributed by atoms with Crippen molar-refractivity contribution in [3.05, 3.63) is 0 Å². The van der Waals surface area contributed by atoms with Gasteiger partial charge in [-0.2, -0.15) is 0 Å². The van der Waals surface area contributed by atoms with Crippen molar-refractivity contribution in [1.82, 2.24) is 4.90 Å². The third-order valence-corrected chi connectivity index (χ3v) is 3.14. The van der Waals surface area contributed by atoms with E-state index in [0.717, 1.165) is 6.42 Å². The summed E-state index contributed by atoms with van der Waals surface area (Å²) in [7, 11) is 3.70. The molecule has 0 aromatic rings. The van der Waals surface area contributed by atoms with E-state index < -0.39 is 0 Å². The summed E-state index contributed by atoms with van der Waals surface area (Å²) < 4.78 is 0. The largest absolute Gasteiger partial charge is 0.349 e. The Morgan fingerprint density at radius 3 is 2.06 bits per heavy atom. The summed E-state index contributed by atoms with van der Waals surface area (Å²) in [4.78, 5) is 13.4. The molecule has 0 aromatic heterocycles. The molecule has 0 spiro atoms. The van der Waals surface area contributed by atoms with E-state index in [1.165, 1.54) is 44.9 Å². The normalized spacial score (nSPS) is 12.5. The summed E-state index contributed by atoms with van der Waals surface area (Å²) in [6.45, 7) is 4.45. The average Bonchev–Trinajstić information content (AvgIpc) is 2.25. The van der Waals surface area contributed by atoms with Crippen molar-refractivity contribution in [2.45, 2.75) is 65.2 Å². The molecule has 0 aliphatic rings. The van der Waals surface area contributed by atoms with Crippen molar-refractivity contribution >= 4 is 5.91 Å². The van der Waals surface area contributed by atoms with Gasteiger partial charge in [0.2, 0.25) is 5.91 Å². The zero-order valence-electron chi connectivity index (χ0n) is 11.6. The molecule has 0 aromatic carbocycles. The summed E-state index contributed by atoms with van der Waals surface area (Å²) in [5, 5.41) is 0. The fourth-order valence-electron chi connectivity index (χ4n) is 1.95. The molecular weight excluding hydrogens is 198 g/mol.